The summed E-state index contributed by atoms with van der Waals surface area (Å²) < 4.78 is 43.8. The van der Waals surface area contributed by atoms with E-state index in [1.807, 2.05) is 0 Å². The molecular weight excluding hydrogens is 559 g/mol. The van der Waals surface area contributed by atoms with Gasteiger partial charge in [0, 0.05) is 25.1 Å². The van der Waals surface area contributed by atoms with Gasteiger partial charge in [-0.3, -0.25) is 4.79 Å². The largest absolute Gasteiger partial charge is 0.416 e. The molecule has 10 heteroatoms. The molecule has 0 aliphatic rings. The molecule has 1 atom stereocenters. The molecule has 0 heterocycles. The van der Waals surface area contributed by atoms with Crippen LogP contribution in [0.3, 0.4) is 0 Å². The number of nitrogens with zero attached hydrogens (tertiary/aromatic N) is 1. The minimum absolute atomic E-state index is 0.0584. The van der Waals surface area contributed by atoms with Gasteiger partial charge < -0.3 is 21.1 Å². The average molecular weight is 602 g/mol. The van der Waals surface area contributed by atoms with Gasteiger partial charge in [-0.1, -0.05) is 81.6 Å². The summed E-state index contributed by atoms with van der Waals surface area (Å²) in [5, 5.41) is 0. The van der Waals surface area contributed by atoms with E-state index in [0.717, 1.165) is 41.9 Å². The number of unbranched alkanes of at least 4 members (excludes halogenated alkanes) is 7. The molecule has 7 nitrogen and oxygen atoms in total. The van der Waals surface area contributed by atoms with Crippen LogP contribution in [-0.2, 0) is 38.4 Å². The van der Waals surface area contributed by atoms with Gasteiger partial charge in [-0.25, -0.2) is 9.59 Å². The van der Waals surface area contributed by atoms with Gasteiger partial charge >= 0.3 is 24.0 Å². The summed E-state index contributed by atoms with van der Waals surface area (Å²) in [6.07, 6.45) is 4.86. The molecule has 1 amide bonds. The number of esters is 2. The SMILES string of the molecule is CCCCCCCCC#Cc1ccc(CN(Cc2ccc(C(F)(F)F)cc2)C(=O)C(=O)OC(=O)[C@@H](N)CCCCN)cc1. The maximum Gasteiger partial charge on any atom is 0.416 e. The lowest BCUT2D eigenvalue weighted by molar-refractivity contribution is -0.169. The number of ether oxygens (including phenoxy) is 1. The van der Waals surface area contributed by atoms with Crippen molar-refractivity contribution in [1.29, 1.82) is 0 Å². The Morgan fingerprint density at radius 2 is 1.44 bits per heavy atom. The second-order valence-electron chi connectivity index (χ2n) is 10.5. The number of benzene rings is 2. The molecule has 0 saturated heterocycles. The molecular formula is C33H42F3N3O4. The topological polar surface area (TPSA) is 116 Å². The van der Waals surface area contributed by atoms with Crippen molar-refractivity contribution in [3.05, 3.63) is 70.8 Å². The highest BCUT2D eigenvalue weighted by Gasteiger charge is 2.31. The third-order valence-electron chi connectivity index (χ3n) is 6.80. The Hall–Kier alpha value is -3.68. The highest BCUT2D eigenvalue weighted by molar-refractivity contribution is 6.34. The van der Waals surface area contributed by atoms with E-state index >= 15 is 0 Å². The van der Waals surface area contributed by atoms with E-state index in [2.05, 4.69) is 18.8 Å². The summed E-state index contributed by atoms with van der Waals surface area (Å²) in [5.74, 6) is 2.73. The minimum Gasteiger partial charge on any atom is -0.385 e. The number of carbonyl (C=O) groups is 3. The van der Waals surface area contributed by atoms with Crippen molar-refractivity contribution in [3.63, 3.8) is 0 Å². The van der Waals surface area contributed by atoms with Crippen molar-refractivity contribution >= 4 is 17.8 Å². The van der Waals surface area contributed by atoms with E-state index in [-0.39, 0.29) is 19.5 Å². The quantitative estimate of drug-likeness (QED) is 0.0869. The number of carbonyl (C=O) groups excluding carboxylic acids is 3. The number of nitrogens with two attached hydrogens (primary N) is 2. The van der Waals surface area contributed by atoms with Crippen molar-refractivity contribution in [1.82, 2.24) is 4.90 Å². The molecule has 2 aromatic carbocycles. The minimum atomic E-state index is -4.51. The first-order chi connectivity index (χ1) is 20.5. The zero-order chi connectivity index (χ0) is 31.7. The van der Waals surface area contributed by atoms with Crippen LogP contribution in [0.25, 0.3) is 0 Å². The Balaban J connectivity index is 2.10. The highest BCUT2D eigenvalue weighted by atomic mass is 19.4. The van der Waals surface area contributed by atoms with Crippen LogP contribution in [0.2, 0.25) is 0 Å². The van der Waals surface area contributed by atoms with Gasteiger partial charge in [0.2, 0.25) is 0 Å². The number of rotatable bonds is 15. The van der Waals surface area contributed by atoms with Crippen LogP contribution in [0, 0.1) is 11.8 Å². The molecule has 2 aromatic rings. The molecule has 234 valence electrons. The fourth-order valence-corrected chi connectivity index (χ4v) is 4.26. The van der Waals surface area contributed by atoms with Gasteiger partial charge in [0.25, 0.3) is 0 Å². The molecule has 0 aromatic heterocycles. The zero-order valence-electron chi connectivity index (χ0n) is 24.8. The smallest absolute Gasteiger partial charge is 0.385 e. The monoisotopic (exact) mass is 601 g/mol. The average Bonchev–Trinajstić information content (AvgIpc) is 2.98. The molecule has 0 bridgehead atoms. The summed E-state index contributed by atoms with van der Waals surface area (Å²) in [4.78, 5) is 39.1. The zero-order valence-corrected chi connectivity index (χ0v) is 24.8. The Morgan fingerprint density at radius 1 is 0.860 bits per heavy atom. The number of hydrogen-bond acceptors (Lipinski definition) is 6. The van der Waals surface area contributed by atoms with Crippen molar-refractivity contribution in [2.75, 3.05) is 6.54 Å². The van der Waals surface area contributed by atoms with E-state index < -0.39 is 35.6 Å². The molecule has 0 radical (unpaired) electrons. The molecule has 0 fully saturated rings. The normalized spacial score (nSPS) is 11.8. The fraction of sp³-hybridized carbons (Fsp3) is 0.485. The van der Waals surface area contributed by atoms with Crippen LogP contribution in [0.15, 0.2) is 48.5 Å². The van der Waals surface area contributed by atoms with E-state index in [1.165, 1.54) is 37.8 Å². The van der Waals surface area contributed by atoms with Gasteiger partial charge in [-0.2, -0.15) is 13.2 Å². The summed E-state index contributed by atoms with van der Waals surface area (Å²) in [6, 6.07) is 10.3. The Labute approximate surface area is 252 Å². The molecule has 0 spiro atoms. The maximum atomic E-state index is 13.1. The van der Waals surface area contributed by atoms with Crippen LogP contribution in [-0.4, -0.2) is 35.3 Å². The molecule has 0 aliphatic carbocycles. The lowest BCUT2D eigenvalue weighted by atomic mass is 10.1. The van der Waals surface area contributed by atoms with Crippen LogP contribution in [0.1, 0.15) is 93.4 Å². The Bertz CT molecular complexity index is 1220. The first kappa shape index (κ1) is 35.5. The first-order valence-corrected chi connectivity index (χ1v) is 14.8. The molecule has 0 saturated carbocycles. The molecule has 2 rings (SSSR count). The molecule has 43 heavy (non-hydrogen) atoms. The van der Waals surface area contributed by atoms with Crippen LogP contribution < -0.4 is 11.5 Å². The number of amides is 1. The summed E-state index contributed by atoms with van der Waals surface area (Å²) in [5.41, 5.74) is 12.2. The van der Waals surface area contributed by atoms with Gasteiger partial charge in [0.1, 0.15) is 6.04 Å². The van der Waals surface area contributed by atoms with Crippen LogP contribution in [0.4, 0.5) is 13.2 Å². The molecule has 0 aliphatic heterocycles. The third-order valence-corrected chi connectivity index (χ3v) is 6.80. The van der Waals surface area contributed by atoms with Gasteiger partial charge in [-0.15, -0.1) is 0 Å². The van der Waals surface area contributed by atoms with Crippen molar-refractivity contribution < 1.29 is 32.3 Å². The second kappa shape index (κ2) is 18.8. The van der Waals surface area contributed by atoms with E-state index in [9.17, 15) is 27.6 Å². The number of hydrogen-bond donors (Lipinski definition) is 2. The Kier molecular flexibility index (Phi) is 15.5. The van der Waals surface area contributed by atoms with Crippen LogP contribution >= 0.6 is 0 Å². The van der Waals surface area contributed by atoms with Gasteiger partial charge in [0.05, 0.1) is 5.56 Å². The predicted molar refractivity (Wildman–Crippen MR) is 159 cm³/mol. The van der Waals surface area contributed by atoms with E-state index in [1.54, 1.807) is 24.3 Å². The second-order valence-corrected chi connectivity index (χ2v) is 10.5. The van der Waals surface area contributed by atoms with Crippen LogP contribution in [0.5, 0.6) is 0 Å². The lowest BCUT2D eigenvalue weighted by Gasteiger charge is -2.22. The fourth-order valence-electron chi connectivity index (χ4n) is 4.26. The van der Waals surface area contributed by atoms with E-state index in [4.69, 9.17) is 16.2 Å². The molecule has 0 unspecified atom stereocenters. The third kappa shape index (κ3) is 13.4. The van der Waals surface area contributed by atoms with Gasteiger partial charge in [-0.05, 0) is 61.2 Å². The number of alkyl halides is 3. The predicted octanol–water partition coefficient (Wildman–Crippen LogP) is 5.86. The first-order valence-electron chi connectivity index (χ1n) is 14.8. The van der Waals surface area contributed by atoms with Gasteiger partial charge in [0.15, 0.2) is 0 Å². The van der Waals surface area contributed by atoms with Crippen molar-refractivity contribution in [2.24, 2.45) is 11.5 Å². The summed E-state index contributed by atoms with van der Waals surface area (Å²) in [7, 11) is 0. The Morgan fingerprint density at radius 3 is 2.02 bits per heavy atom. The lowest BCUT2D eigenvalue weighted by Crippen LogP contribution is -2.41. The highest BCUT2D eigenvalue weighted by Crippen LogP contribution is 2.29. The summed E-state index contributed by atoms with van der Waals surface area (Å²) >= 11 is 0. The van der Waals surface area contributed by atoms with Crippen molar-refractivity contribution in [2.45, 2.75) is 96.4 Å². The maximum absolute atomic E-state index is 13.1. The van der Waals surface area contributed by atoms with Crippen molar-refractivity contribution in [3.8, 4) is 11.8 Å². The van der Waals surface area contributed by atoms with E-state index in [0.29, 0.717) is 30.5 Å². The number of halogens is 3. The molecule has 4 N–H and O–H groups in total. The summed E-state index contributed by atoms with van der Waals surface area (Å²) in [6.45, 7) is 2.36. The standard InChI is InChI=1S/C33H42F3N3O4/c1-2-3-4-5-6-7-8-9-12-25-14-16-26(17-15-25)23-39(24-27-18-20-28(21-19-27)33(34,35)36)30(40)32(42)43-31(41)29(38)13-10-11-22-37/h14-21,29H,2-8,10-11,13,22-24,37-38H2,1H3/t29-/m0/s1.